The highest BCUT2D eigenvalue weighted by atomic mass is 16.7. The third kappa shape index (κ3) is 4.84. The van der Waals surface area contributed by atoms with Crippen LogP contribution in [-0.2, 0) is 9.47 Å². The van der Waals surface area contributed by atoms with Gasteiger partial charge in [-0.25, -0.2) is 0 Å². The molecule has 0 amide bonds. The van der Waals surface area contributed by atoms with Crippen LogP contribution in [0.25, 0.3) is 0 Å². The molecule has 0 bridgehead atoms. The van der Waals surface area contributed by atoms with Crippen LogP contribution in [0, 0.1) is 0 Å². The highest BCUT2D eigenvalue weighted by molar-refractivity contribution is 5.18. The van der Waals surface area contributed by atoms with Crippen molar-refractivity contribution < 1.29 is 9.47 Å². The molecule has 0 aromatic heterocycles. The molecule has 1 fully saturated rings. The zero-order valence-electron chi connectivity index (χ0n) is 9.66. The Morgan fingerprint density at radius 1 is 1.33 bits per heavy atom. The molecule has 1 aliphatic rings. The minimum absolute atomic E-state index is 0.0893. The van der Waals surface area contributed by atoms with Crippen molar-refractivity contribution in [3.63, 3.8) is 0 Å². The van der Waals surface area contributed by atoms with Gasteiger partial charge >= 0.3 is 0 Å². The lowest BCUT2D eigenvalue weighted by Gasteiger charge is -2.23. The first-order valence-corrected chi connectivity index (χ1v) is 5.48. The van der Waals surface area contributed by atoms with E-state index in [1.54, 1.807) is 6.08 Å². The predicted octanol–water partition coefficient (Wildman–Crippen LogP) is 3.57. The highest BCUT2D eigenvalue weighted by Gasteiger charge is 2.14. The maximum Gasteiger partial charge on any atom is 0.199 e. The second-order valence-corrected chi connectivity index (χ2v) is 3.93. The van der Waals surface area contributed by atoms with Crippen molar-refractivity contribution >= 4 is 0 Å². The molecule has 84 valence electrons. The molecular formula is C13H20O2. The lowest BCUT2D eigenvalue weighted by molar-refractivity contribution is -0.135. The summed E-state index contributed by atoms with van der Waals surface area (Å²) < 4.78 is 11.2. The van der Waals surface area contributed by atoms with E-state index in [0.29, 0.717) is 0 Å². The van der Waals surface area contributed by atoms with Crippen LogP contribution in [0.1, 0.15) is 33.1 Å². The molecule has 1 unspecified atom stereocenters. The summed E-state index contributed by atoms with van der Waals surface area (Å²) in [4.78, 5) is 0. The van der Waals surface area contributed by atoms with E-state index in [1.165, 1.54) is 12.0 Å². The summed E-state index contributed by atoms with van der Waals surface area (Å²) in [7, 11) is 0. The summed E-state index contributed by atoms with van der Waals surface area (Å²) in [6.07, 6.45) is 8.87. The van der Waals surface area contributed by atoms with E-state index >= 15 is 0 Å². The van der Waals surface area contributed by atoms with E-state index in [-0.39, 0.29) is 6.29 Å². The Morgan fingerprint density at radius 3 is 2.67 bits per heavy atom. The van der Waals surface area contributed by atoms with Crippen molar-refractivity contribution in [3.05, 3.63) is 36.1 Å². The smallest absolute Gasteiger partial charge is 0.199 e. The summed E-state index contributed by atoms with van der Waals surface area (Å²) in [5, 5.41) is 0. The Balaban J connectivity index is 2.48. The fourth-order valence-electron chi connectivity index (χ4n) is 1.36. The Kier molecular flexibility index (Phi) is 5.19. The van der Waals surface area contributed by atoms with Crippen LogP contribution in [0.3, 0.4) is 0 Å². The summed E-state index contributed by atoms with van der Waals surface area (Å²) in [5.41, 5.74) is 1.24. The second kappa shape index (κ2) is 6.46. The monoisotopic (exact) mass is 208 g/mol. The molecule has 1 aliphatic heterocycles. The van der Waals surface area contributed by atoms with Gasteiger partial charge in [0.25, 0.3) is 0 Å². The average molecular weight is 208 g/mol. The van der Waals surface area contributed by atoms with Gasteiger partial charge in [-0.2, -0.15) is 0 Å². The molecule has 2 heteroatoms. The zero-order chi connectivity index (χ0) is 11.1. The first-order valence-electron chi connectivity index (χ1n) is 5.48. The quantitative estimate of drug-likeness (QED) is 0.519. The average Bonchev–Trinajstić information content (AvgIpc) is 2.25. The molecule has 0 saturated carbocycles. The largest absolute Gasteiger partial charge is 0.465 e. The Morgan fingerprint density at radius 2 is 2.13 bits per heavy atom. The second-order valence-electron chi connectivity index (χ2n) is 3.93. The number of hydrogen-bond donors (Lipinski definition) is 0. The van der Waals surface area contributed by atoms with E-state index < -0.39 is 0 Å². The molecule has 15 heavy (non-hydrogen) atoms. The van der Waals surface area contributed by atoms with Gasteiger partial charge < -0.3 is 9.47 Å². The first-order chi connectivity index (χ1) is 7.22. The fraction of sp³-hybridized carbons (Fsp3) is 0.538. The van der Waals surface area contributed by atoms with E-state index in [9.17, 15) is 0 Å². The fourth-order valence-corrected chi connectivity index (χ4v) is 1.36. The first kappa shape index (κ1) is 12.1. The summed E-state index contributed by atoms with van der Waals surface area (Å²) in [5.74, 6) is 0.781. The SMILES string of the molecule is C=C/C(=C\C=C(C)C)OC1CCCCO1. The van der Waals surface area contributed by atoms with Gasteiger partial charge in [-0.1, -0.05) is 18.2 Å². The standard InChI is InChI=1S/C13H20O2/c1-4-12(9-8-11(2)3)15-13-7-5-6-10-14-13/h4,8-9,13H,1,5-7,10H2,2-3H3/b12-9+. The molecule has 0 aromatic carbocycles. The molecule has 2 nitrogen and oxygen atoms in total. The molecule has 0 N–H and O–H groups in total. The maximum atomic E-state index is 5.67. The van der Waals surface area contributed by atoms with Crippen molar-refractivity contribution in [3.8, 4) is 0 Å². The van der Waals surface area contributed by atoms with E-state index in [4.69, 9.17) is 9.47 Å². The van der Waals surface area contributed by atoms with E-state index in [1.807, 2.05) is 26.0 Å². The molecule has 0 aromatic rings. The lowest BCUT2D eigenvalue weighted by Crippen LogP contribution is -2.21. The predicted molar refractivity (Wildman–Crippen MR) is 62.4 cm³/mol. The van der Waals surface area contributed by atoms with E-state index in [0.717, 1.165) is 25.2 Å². The minimum Gasteiger partial charge on any atom is -0.465 e. The summed E-state index contributed by atoms with van der Waals surface area (Å²) in [6.45, 7) is 8.63. The number of ether oxygens (including phenoxy) is 2. The molecule has 1 atom stereocenters. The van der Waals surface area contributed by atoms with Crippen LogP contribution in [-0.4, -0.2) is 12.9 Å². The van der Waals surface area contributed by atoms with Crippen LogP contribution in [0.15, 0.2) is 36.1 Å². The topological polar surface area (TPSA) is 18.5 Å². The van der Waals surface area contributed by atoms with Crippen molar-refractivity contribution in [2.75, 3.05) is 6.61 Å². The van der Waals surface area contributed by atoms with E-state index in [2.05, 4.69) is 6.58 Å². The number of rotatable bonds is 4. The van der Waals surface area contributed by atoms with Gasteiger partial charge in [-0.15, -0.1) is 0 Å². The molecular weight excluding hydrogens is 188 g/mol. The Labute approximate surface area is 92.3 Å². The Bertz CT molecular complexity index is 254. The maximum absolute atomic E-state index is 5.67. The van der Waals surface area contributed by atoms with Crippen LogP contribution >= 0.6 is 0 Å². The normalized spacial score (nSPS) is 22.0. The van der Waals surface area contributed by atoms with Gasteiger partial charge in [0.1, 0.15) is 5.76 Å². The summed E-state index contributed by atoms with van der Waals surface area (Å²) in [6, 6.07) is 0. The molecule has 0 spiro atoms. The molecule has 1 saturated heterocycles. The number of hydrogen-bond acceptors (Lipinski definition) is 2. The van der Waals surface area contributed by atoms with Crippen molar-refractivity contribution in [2.24, 2.45) is 0 Å². The van der Waals surface area contributed by atoms with Crippen LogP contribution in [0.4, 0.5) is 0 Å². The van der Waals surface area contributed by atoms with Crippen molar-refractivity contribution in [1.82, 2.24) is 0 Å². The van der Waals surface area contributed by atoms with Crippen LogP contribution in [0.5, 0.6) is 0 Å². The van der Waals surface area contributed by atoms with Crippen LogP contribution < -0.4 is 0 Å². The van der Waals surface area contributed by atoms with Gasteiger partial charge in [0.15, 0.2) is 6.29 Å². The summed E-state index contributed by atoms with van der Waals surface area (Å²) >= 11 is 0. The molecule has 1 rings (SSSR count). The van der Waals surface area contributed by atoms with Gasteiger partial charge in [0, 0.05) is 6.42 Å². The lowest BCUT2D eigenvalue weighted by atomic mass is 10.2. The third-order valence-corrected chi connectivity index (χ3v) is 2.19. The minimum atomic E-state index is -0.0893. The Hall–Kier alpha value is -1.02. The van der Waals surface area contributed by atoms with Crippen molar-refractivity contribution in [2.45, 2.75) is 39.4 Å². The third-order valence-electron chi connectivity index (χ3n) is 2.19. The van der Waals surface area contributed by atoms with Gasteiger partial charge in [0.2, 0.25) is 0 Å². The van der Waals surface area contributed by atoms with Crippen molar-refractivity contribution in [1.29, 1.82) is 0 Å². The zero-order valence-corrected chi connectivity index (χ0v) is 9.66. The van der Waals surface area contributed by atoms with Gasteiger partial charge in [0.05, 0.1) is 6.61 Å². The van der Waals surface area contributed by atoms with Crippen LogP contribution in [0.2, 0.25) is 0 Å². The molecule has 0 radical (unpaired) electrons. The number of allylic oxidation sites excluding steroid dienone is 4. The van der Waals surface area contributed by atoms with Gasteiger partial charge in [-0.3, -0.25) is 0 Å². The van der Waals surface area contributed by atoms with Gasteiger partial charge in [-0.05, 0) is 38.8 Å². The highest BCUT2D eigenvalue weighted by Crippen LogP contribution is 2.17. The molecule has 1 heterocycles. The molecule has 0 aliphatic carbocycles.